The Morgan fingerprint density at radius 2 is 2.07 bits per heavy atom. The molecule has 1 amide bonds. The Kier molecular flexibility index (Phi) is 5.78. The number of hydrogen-bond acceptors (Lipinski definition) is 4. The van der Waals surface area contributed by atoms with E-state index in [9.17, 15) is 14.7 Å². The van der Waals surface area contributed by atoms with E-state index < -0.39 is 11.9 Å². The molecule has 1 aliphatic rings. The van der Waals surface area contributed by atoms with Gasteiger partial charge in [-0.3, -0.25) is 9.59 Å². The first-order valence-electron chi connectivity index (χ1n) is 9.18. The molecule has 1 aliphatic heterocycles. The maximum absolute atomic E-state index is 12.7. The van der Waals surface area contributed by atoms with E-state index in [0.29, 0.717) is 25.3 Å². The van der Waals surface area contributed by atoms with Crippen molar-refractivity contribution >= 4 is 11.9 Å². The van der Waals surface area contributed by atoms with Gasteiger partial charge >= 0.3 is 5.97 Å². The molecule has 2 atom stereocenters. The Labute approximate surface area is 158 Å². The third-order valence-electron chi connectivity index (χ3n) is 5.21. The molecule has 1 aromatic carbocycles. The number of aromatic nitrogens is 2. The van der Waals surface area contributed by atoms with Crippen LogP contribution in [0.1, 0.15) is 30.7 Å². The monoisotopic (exact) mass is 371 g/mol. The van der Waals surface area contributed by atoms with Gasteiger partial charge in [0.1, 0.15) is 11.6 Å². The van der Waals surface area contributed by atoms with Gasteiger partial charge in [0.25, 0.3) is 0 Å². The number of aryl methyl sites for hydroxylation is 2. The quantitative estimate of drug-likeness (QED) is 0.806. The molecule has 0 saturated carbocycles. The van der Waals surface area contributed by atoms with Gasteiger partial charge in [0, 0.05) is 50.8 Å². The third kappa shape index (κ3) is 3.97. The number of aliphatic carboxylic acids is 1. The number of carboxylic acids is 1. The summed E-state index contributed by atoms with van der Waals surface area (Å²) in [5, 5.41) is 9.67. The predicted molar refractivity (Wildman–Crippen MR) is 99.7 cm³/mol. The van der Waals surface area contributed by atoms with Crippen molar-refractivity contribution in [3.05, 3.63) is 48.0 Å². The maximum Gasteiger partial charge on any atom is 0.308 e. The lowest BCUT2D eigenvalue weighted by Crippen LogP contribution is -2.30. The van der Waals surface area contributed by atoms with Crippen molar-refractivity contribution in [3.63, 3.8) is 0 Å². The second kappa shape index (κ2) is 8.24. The van der Waals surface area contributed by atoms with E-state index in [-0.39, 0.29) is 18.4 Å². The van der Waals surface area contributed by atoms with Crippen LogP contribution in [0.3, 0.4) is 0 Å². The van der Waals surface area contributed by atoms with Gasteiger partial charge in [-0.25, -0.2) is 4.98 Å². The average molecular weight is 371 g/mol. The summed E-state index contributed by atoms with van der Waals surface area (Å²) in [7, 11) is 1.57. The SMILES string of the molecule is CCc1nccn1CCC(=O)N1C[C@@H](C(=O)O)[C@H](c2ccccc2OC)C1. The number of para-hydroxylation sites is 1. The summed E-state index contributed by atoms with van der Waals surface area (Å²) in [6, 6.07) is 7.43. The summed E-state index contributed by atoms with van der Waals surface area (Å²) in [6.07, 6.45) is 4.74. The van der Waals surface area contributed by atoms with Gasteiger partial charge < -0.3 is 19.3 Å². The van der Waals surface area contributed by atoms with E-state index in [0.717, 1.165) is 17.8 Å². The molecular weight excluding hydrogens is 346 g/mol. The van der Waals surface area contributed by atoms with E-state index in [1.807, 2.05) is 42.0 Å². The third-order valence-corrected chi connectivity index (χ3v) is 5.21. The lowest BCUT2D eigenvalue weighted by atomic mass is 9.88. The van der Waals surface area contributed by atoms with Gasteiger partial charge in [0.2, 0.25) is 5.91 Å². The summed E-state index contributed by atoms with van der Waals surface area (Å²) >= 11 is 0. The number of likely N-dealkylation sites (tertiary alicyclic amines) is 1. The number of benzene rings is 1. The second-order valence-corrected chi connectivity index (χ2v) is 6.73. The molecule has 0 radical (unpaired) electrons. The van der Waals surface area contributed by atoms with Crippen molar-refractivity contribution in [2.24, 2.45) is 5.92 Å². The number of carbonyl (C=O) groups excluding carboxylic acids is 1. The van der Waals surface area contributed by atoms with Crippen LogP contribution in [0.5, 0.6) is 5.75 Å². The predicted octanol–water partition coefficient (Wildman–Crippen LogP) is 2.17. The molecule has 7 heteroatoms. The van der Waals surface area contributed by atoms with Crippen LogP contribution < -0.4 is 4.74 Å². The molecule has 1 saturated heterocycles. The zero-order valence-electron chi connectivity index (χ0n) is 15.7. The number of nitrogens with zero attached hydrogens (tertiary/aromatic N) is 3. The number of imidazole rings is 1. The summed E-state index contributed by atoms with van der Waals surface area (Å²) in [6.45, 7) is 3.19. The van der Waals surface area contributed by atoms with Crippen LogP contribution in [-0.4, -0.2) is 51.6 Å². The largest absolute Gasteiger partial charge is 0.496 e. The minimum atomic E-state index is -0.885. The molecule has 2 heterocycles. The van der Waals surface area contributed by atoms with E-state index >= 15 is 0 Å². The van der Waals surface area contributed by atoms with Crippen LogP contribution in [0.25, 0.3) is 0 Å². The van der Waals surface area contributed by atoms with E-state index in [1.165, 1.54) is 0 Å². The molecule has 7 nitrogen and oxygen atoms in total. The molecule has 1 fully saturated rings. The lowest BCUT2D eigenvalue weighted by molar-refractivity contribution is -0.141. The highest BCUT2D eigenvalue weighted by atomic mass is 16.5. The van der Waals surface area contributed by atoms with Crippen LogP contribution in [0.15, 0.2) is 36.7 Å². The highest BCUT2D eigenvalue weighted by molar-refractivity contribution is 5.79. The number of hydrogen-bond donors (Lipinski definition) is 1. The molecule has 0 unspecified atom stereocenters. The van der Waals surface area contributed by atoms with Gasteiger partial charge in [0.15, 0.2) is 0 Å². The summed E-state index contributed by atoms with van der Waals surface area (Å²) < 4.78 is 7.37. The zero-order chi connectivity index (χ0) is 19.4. The Morgan fingerprint density at radius 3 is 2.78 bits per heavy atom. The molecular formula is C20H25N3O4. The van der Waals surface area contributed by atoms with Crippen molar-refractivity contribution in [1.29, 1.82) is 0 Å². The fourth-order valence-corrected chi connectivity index (χ4v) is 3.78. The number of carbonyl (C=O) groups is 2. The average Bonchev–Trinajstić information content (AvgIpc) is 3.32. The first-order valence-corrected chi connectivity index (χ1v) is 9.18. The molecule has 0 spiro atoms. The van der Waals surface area contributed by atoms with E-state index in [1.54, 1.807) is 18.2 Å². The van der Waals surface area contributed by atoms with Crippen molar-refractivity contribution in [3.8, 4) is 5.75 Å². The smallest absolute Gasteiger partial charge is 0.308 e. The fourth-order valence-electron chi connectivity index (χ4n) is 3.78. The fraction of sp³-hybridized carbons (Fsp3) is 0.450. The number of methoxy groups -OCH3 is 1. The van der Waals surface area contributed by atoms with Gasteiger partial charge in [0.05, 0.1) is 13.0 Å². The lowest BCUT2D eigenvalue weighted by Gasteiger charge is -2.18. The first kappa shape index (κ1) is 18.9. The molecule has 1 N–H and O–H groups in total. The summed E-state index contributed by atoms with van der Waals surface area (Å²) in [4.78, 5) is 30.4. The van der Waals surface area contributed by atoms with Crippen LogP contribution in [0.4, 0.5) is 0 Å². The van der Waals surface area contributed by atoms with Crippen LogP contribution in [0, 0.1) is 5.92 Å². The second-order valence-electron chi connectivity index (χ2n) is 6.73. The first-order chi connectivity index (χ1) is 13.0. The number of carboxylic acid groups (broad SMARTS) is 1. The minimum Gasteiger partial charge on any atom is -0.496 e. The minimum absolute atomic E-state index is 0.0330. The number of amides is 1. The number of rotatable bonds is 7. The highest BCUT2D eigenvalue weighted by Crippen LogP contribution is 2.37. The van der Waals surface area contributed by atoms with Gasteiger partial charge in [-0.2, -0.15) is 0 Å². The van der Waals surface area contributed by atoms with Crippen molar-refractivity contribution in [2.45, 2.75) is 32.2 Å². The molecule has 2 aromatic rings. The van der Waals surface area contributed by atoms with Gasteiger partial charge in [-0.1, -0.05) is 25.1 Å². The molecule has 27 heavy (non-hydrogen) atoms. The van der Waals surface area contributed by atoms with Crippen LogP contribution >= 0.6 is 0 Å². The Bertz CT molecular complexity index is 817. The highest BCUT2D eigenvalue weighted by Gasteiger charge is 2.41. The molecule has 0 bridgehead atoms. The Morgan fingerprint density at radius 1 is 1.30 bits per heavy atom. The summed E-state index contributed by atoms with van der Waals surface area (Å²) in [5.41, 5.74) is 0.838. The maximum atomic E-state index is 12.7. The number of ether oxygens (including phenoxy) is 1. The van der Waals surface area contributed by atoms with Gasteiger partial charge in [-0.05, 0) is 11.6 Å². The van der Waals surface area contributed by atoms with Crippen molar-refractivity contribution < 1.29 is 19.4 Å². The topological polar surface area (TPSA) is 84.7 Å². The van der Waals surface area contributed by atoms with Crippen LogP contribution in [0.2, 0.25) is 0 Å². The Hall–Kier alpha value is -2.83. The molecule has 3 rings (SSSR count). The molecule has 144 valence electrons. The molecule has 0 aliphatic carbocycles. The molecule has 1 aromatic heterocycles. The zero-order valence-corrected chi connectivity index (χ0v) is 15.7. The normalized spacial score (nSPS) is 19.3. The van der Waals surface area contributed by atoms with Crippen LogP contribution in [-0.2, 0) is 22.6 Å². The summed E-state index contributed by atoms with van der Waals surface area (Å²) in [5.74, 6) is -0.223. The van der Waals surface area contributed by atoms with Crippen molar-refractivity contribution in [1.82, 2.24) is 14.5 Å². The van der Waals surface area contributed by atoms with E-state index in [4.69, 9.17) is 4.74 Å². The van der Waals surface area contributed by atoms with E-state index in [2.05, 4.69) is 4.98 Å². The van der Waals surface area contributed by atoms with Gasteiger partial charge in [-0.15, -0.1) is 0 Å². The van der Waals surface area contributed by atoms with Crippen molar-refractivity contribution in [2.75, 3.05) is 20.2 Å². The standard InChI is InChI=1S/C20H25N3O4/c1-3-18-21-9-11-22(18)10-8-19(24)23-12-15(16(13-23)20(25)26)14-6-4-5-7-17(14)27-2/h4-7,9,11,15-16H,3,8,10,12-13H2,1-2H3,(H,25,26)/t15-,16+/m0/s1. The Balaban J connectivity index is 1.72.